The fourth-order valence-electron chi connectivity index (χ4n) is 1.31. The summed E-state index contributed by atoms with van der Waals surface area (Å²) in [7, 11) is 0. The number of aliphatic hydroxyl groups excluding tert-OH is 2. The van der Waals surface area contributed by atoms with Crippen LogP contribution in [0.5, 0.6) is 0 Å². The summed E-state index contributed by atoms with van der Waals surface area (Å²) in [4.78, 5) is 2.48. The van der Waals surface area contributed by atoms with Gasteiger partial charge < -0.3 is 10.2 Å². The zero-order chi connectivity index (χ0) is 12.8. The lowest BCUT2D eigenvalue weighted by atomic mass is 9.99. The van der Waals surface area contributed by atoms with E-state index in [9.17, 15) is 10.2 Å². The van der Waals surface area contributed by atoms with E-state index in [-0.39, 0.29) is 17.7 Å². The molecule has 7 heteroatoms. The Morgan fingerprint density at radius 1 is 1.53 bits per heavy atom. The molecule has 2 atom stereocenters. The van der Waals surface area contributed by atoms with E-state index in [4.69, 9.17) is 22.4 Å². The van der Waals surface area contributed by atoms with Crippen LogP contribution in [0.15, 0.2) is 23.3 Å². The number of benzene rings is 1. The fourth-order valence-corrected chi connectivity index (χ4v) is 1.48. The summed E-state index contributed by atoms with van der Waals surface area (Å²) < 4.78 is 0. The number of rotatable bonds is 4. The summed E-state index contributed by atoms with van der Waals surface area (Å²) in [6.07, 6.45) is -2.56. The number of nitriles is 1. The summed E-state index contributed by atoms with van der Waals surface area (Å²) in [5, 5.41) is 31.7. The van der Waals surface area contributed by atoms with Crippen LogP contribution in [0.1, 0.15) is 17.2 Å². The predicted octanol–water partition coefficient (Wildman–Crippen LogP) is 1.92. The molecule has 0 spiro atoms. The molecule has 2 unspecified atom stereocenters. The highest BCUT2D eigenvalue weighted by molar-refractivity contribution is 6.30. The number of aliphatic hydroxyl groups is 2. The summed E-state index contributed by atoms with van der Waals surface area (Å²) in [5.74, 6) is 0. The van der Waals surface area contributed by atoms with Gasteiger partial charge >= 0.3 is 0 Å². The van der Waals surface area contributed by atoms with E-state index in [0.717, 1.165) is 0 Å². The van der Waals surface area contributed by atoms with Gasteiger partial charge in [0.2, 0.25) is 0 Å². The zero-order valence-corrected chi connectivity index (χ0v) is 9.41. The van der Waals surface area contributed by atoms with E-state index in [0.29, 0.717) is 5.02 Å². The lowest BCUT2D eigenvalue weighted by Gasteiger charge is -2.17. The van der Waals surface area contributed by atoms with Crippen LogP contribution in [0.25, 0.3) is 10.4 Å². The molecule has 0 aromatic heterocycles. The summed E-state index contributed by atoms with van der Waals surface area (Å²) in [6, 6.07) is 6.21. The second-order valence-electron chi connectivity index (χ2n) is 3.27. The highest BCUT2D eigenvalue weighted by atomic mass is 35.5. The maximum absolute atomic E-state index is 9.79. The van der Waals surface area contributed by atoms with Crippen LogP contribution in [0.4, 0.5) is 0 Å². The van der Waals surface area contributed by atoms with Crippen molar-refractivity contribution in [2.24, 2.45) is 5.11 Å². The number of halogens is 1. The molecule has 0 bridgehead atoms. The van der Waals surface area contributed by atoms with Gasteiger partial charge in [-0.15, -0.1) is 0 Å². The van der Waals surface area contributed by atoms with Crippen LogP contribution in [0.3, 0.4) is 0 Å². The highest BCUT2D eigenvalue weighted by Gasteiger charge is 2.20. The SMILES string of the molecule is N#Cc1cc(Cl)ccc1C(O)C(O)CN=[N+]=[N-]. The average Bonchev–Trinajstić information content (AvgIpc) is 2.34. The van der Waals surface area contributed by atoms with Crippen LogP contribution < -0.4 is 0 Å². The smallest absolute Gasteiger partial charge is 0.106 e. The molecular formula is C10H9ClN4O2. The van der Waals surface area contributed by atoms with E-state index >= 15 is 0 Å². The molecule has 0 saturated carbocycles. The van der Waals surface area contributed by atoms with Crippen molar-refractivity contribution in [2.45, 2.75) is 12.2 Å². The molecule has 0 saturated heterocycles. The number of hydrogen-bond donors (Lipinski definition) is 2. The van der Waals surface area contributed by atoms with Crippen molar-refractivity contribution < 1.29 is 10.2 Å². The average molecular weight is 253 g/mol. The molecule has 1 rings (SSSR count). The van der Waals surface area contributed by atoms with Crippen molar-refractivity contribution in [3.8, 4) is 6.07 Å². The number of hydrogen-bond acceptors (Lipinski definition) is 4. The van der Waals surface area contributed by atoms with Crippen molar-refractivity contribution in [3.63, 3.8) is 0 Å². The van der Waals surface area contributed by atoms with E-state index in [1.54, 1.807) is 0 Å². The zero-order valence-electron chi connectivity index (χ0n) is 8.66. The topological polar surface area (TPSA) is 113 Å². The molecule has 2 N–H and O–H groups in total. The maximum Gasteiger partial charge on any atom is 0.106 e. The third-order valence-electron chi connectivity index (χ3n) is 2.15. The van der Waals surface area contributed by atoms with Gasteiger partial charge in [-0.2, -0.15) is 5.26 Å². The van der Waals surface area contributed by atoms with E-state index in [2.05, 4.69) is 10.0 Å². The first-order chi connectivity index (χ1) is 8.10. The molecule has 1 aromatic carbocycles. The first kappa shape index (κ1) is 13.3. The molecular weight excluding hydrogens is 244 g/mol. The van der Waals surface area contributed by atoms with Gasteiger partial charge in [0.1, 0.15) is 6.10 Å². The Morgan fingerprint density at radius 3 is 2.82 bits per heavy atom. The van der Waals surface area contributed by atoms with E-state index in [1.807, 2.05) is 6.07 Å². The Kier molecular flexibility index (Phi) is 4.76. The Labute approximate surface area is 102 Å². The van der Waals surface area contributed by atoms with Gasteiger partial charge in [-0.25, -0.2) is 0 Å². The summed E-state index contributed by atoms with van der Waals surface area (Å²) in [5.41, 5.74) is 8.52. The molecule has 0 aliphatic rings. The quantitative estimate of drug-likeness (QED) is 0.485. The Hall–Kier alpha value is -1.77. The van der Waals surface area contributed by atoms with E-state index in [1.165, 1.54) is 18.2 Å². The van der Waals surface area contributed by atoms with Gasteiger partial charge in [0, 0.05) is 15.5 Å². The second kappa shape index (κ2) is 6.09. The molecule has 88 valence electrons. The summed E-state index contributed by atoms with van der Waals surface area (Å²) >= 11 is 5.70. The molecule has 0 amide bonds. The monoisotopic (exact) mass is 252 g/mol. The molecule has 17 heavy (non-hydrogen) atoms. The largest absolute Gasteiger partial charge is 0.390 e. The van der Waals surface area contributed by atoms with Crippen molar-refractivity contribution in [3.05, 3.63) is 44.8 Å². The standard InChI is InChI=1S/C10H9ClN4O2/c11-7-1-2-8(6(3-7)4-12)10(17)9(16)5-14-15-13/h1-3,9-10,16-17H,5H2. The Bertz CT molecular complexity index is 494. The van der Waals surface area contributed by atoms with Gasteiger partial charge in [-0.1, -0.05) is 22.8 Å². The predicted molar refractivity (Wildman–Crippen MR) is 61.1 cm³/mol. The maximum atomic E-state index is 9.79. The highest BCUT2D eigenvalue weighted by Crippen LogP contribution is 2.24. The molecule has 6 nitrogen and oxygen atoms in total. The first-order valence-corrected chi connectivity index (χ1v) is 5.04. The molecule has 0 aliphatic carbocycles. The van der Waals surface area contributed by atoms with E-state index < -0.39 is 12.2 Å². The van der Waals surface area contributed by atoms with Gasteiger partial charge in [0.15, 0.2) is 0 Å². The Balaban J connectivity index is 2.99. The third kappa shape index (κ3) is 3.34. The number of nitrogens with zero attached hydrogens (tertiary/aromatic N) is 4. The third-order valence-corrected chi connectivity index (χ3v) is 2.39. The lowest BCUT2D eigenvalue weighted by molar-refractivity contribution is 0.0242. The summed E-state index contributed by atoms with van der Waals surface area (Å²) in [6.45, 7) is -0.273. The molecule has 0 fully saturated rings. The Morgan fingerprint density at radius 2 is 2.24 bits per heavy atom. The minimum absolute atomic E-state index is 0.171. The van der Waals surface area contributed by atoms with Crippen LogP contribution in [0.2, 0.25) is 5.02 Å². The molecule has 0 aliphatic heterocycles. The normalized spacial score (nSPS) is 13.3. The van der Waals surface area contributed by atoms with Crippen LogP contribution in [-0.4, -0.2) is 22.9 Å². The van der Waals surface area contributed by atoms with Crippen LogP contribution in [-0.2, 0) is 0 Å². The number of azide groups is 1. The van der Waals surface area contributed by atoms with Crippen LogP contribution >= 0.6 is 11.6 Å². The van der Waals surface area contributed by atoms with Gasteiger partial charge in [-0.3, -0.25) is 0 Å². The molecule has 1 aromatic rings. The lowest BCUT2D eigenvalue weighted by Crippen LogP contribution is -2.21. The second-order valence-corrected chi connectivity index (χ2v) is 3.71. The minimum atomic E-state index is -1.30. The van der Waals surface area contributed by atoms with Gasteiger partial charge in [-0.05, 0) is 17.7 Å². The van der Waals surface area contributed by atoms with Crippen molar-refractivity contribution in [1.82, 2.24) is 0 Å². The fraction of sp³-hybridized carbons (Fsp3) is 0.300. The molecule has 0 radical (unpaired) electrons. The minimum Gasteiger partial charge on any atom is -0.390 e. The van der Waals surface area contributed by atoms with Crippen LogP contribution in [0, 0.1) is 11.3 Å². The van der Waals surface area contributed by atoms with Gasteiger partial charge in [0.05, 0.1) is 24.3 Å². The van der Waals surface area contributed by atoms with Crippen molar-refractivity contribution in [2.75, 3.05) is 6.54 Å². The van der Waals surface area contributed by atoms with Crippen molar-refractivity contribution in [1.29, 1.82) is 5.26 Å². The first-order valence-electron chi connectivity index (χ1n) is 4.66. The molecule has 0 heterocycles. The van der Waals surface area contributed by atoms with Crippen molar-refractivity contribution >= 4 is 11.6 Å². The van der Waals surface area contributed by atoms with Gasteiger partial charge in [0.25, 0.3) is 0 Å².